The number of allylic oxidation sites excluding steroid dienone is 6. The Morgan fingerprint density at radius 3 is 2.85 bits per heavy atom. The second-order valence-corrected chi connectivity index (χ2v) is 5.00. The molecule has 4 nitrogen and oxygen atoms in total. The topological polar surface area (TPSA) is 55.4 Å². The van der Waals surface area contributed by atoms with E-state index in [-0.39, 0.29) is 17.3 Å². The Labute approximate surface area is 115 Å². The molecule has 1 fully saturated rings. The number of anilines is 1. The van der Waals surface area contributed by atoms with Gasteiger partial charge in [-0.2, -0.15) is 0 Å². The summed E-state index contributed by atoms with van der Waals surface area (Å²) in [4.78, 5) is 24.2. The molecule has 20 heavy (non-hydrogen) atoms. The van der Waals surface area contributed by atoms with Crippen LogP contribution in [0.15, 0.2) is 59.7 Å². The average molecular weight is 265 g/mol. The molecule has 0 saturated carbocycles. The van der Waals surface area contributed by atoms with Gasteiger partial charge in [0.2, 0.25) is 5.78 Å². The molecule has 0 amide bonds. The maximum atomic E-state index is 12.4. The van der Waals surface area contributed by atoms with E-state index in [0.29, 0.717) is 12.2 Å². The van der Waals surface area contributed by atoms with Gasteiger partial charge in [0.15, 0.2) is 11.5 Å². The van der Waals surface area contributed by atoms with Crippen LogP contribution >= 0.6 is 0 Å². The third-order valence-electron chi connectivity index (χ3n) is 3.74. The van der Waals surface area contributed by atoms with Gasteiger partial charge in [-0.25, -0.2) is 0 Å². The SMILES string of the molecule is O=C1C=CC=C2OC(=C3Cc4ccccc4N3)C(=O)C12. The number of fused-ring (bicyclic) bond motifs is 2. The summed E-state index contributed by atoms with van der Waals surface area (Å²) in [5.41, 5.74) is 2.85. The van der Waals surface area contributed by atoms with Gasteiger partial charge in [-0.15, -0.1) is 0 Å². The molecule has 2 aliphatic heterocycles. The van der Waals surface area contributed by atoms with Crippen molar-refractivity contribution in [2.24, 2.45) is 5.92 Å². The van der Waals surface area contributed by atoms with Crippen molar-refractivity contribution in [2.45, 2.75) is 6.42 Å². The lowest BCUT2D eigenvalue weighted by atomic mass is 9.94. The van der Waals surface area contributed by atoms with E-state index >= 15 is 0 Å². The monoisotopic (exact) mass is 265 g/mol. The Morgan fingerprint density at radius 2 is 2.05 bits per heavy atom. The molecular weight excluding hydrogens is 254 g/mol. The highest BCUT2D eigenvalue weighted by Crippen LogP contribution is 2.37. The van der Waals surface area contributed by atoms with Gasteiger partial charge in [0.25, 0.3) is 0 Å². The Hall–Kier alpha value is -2.62. The maximum Gasteiger partial charge on any atom is 0.218 e. The predicted molar refractivity (Wildman–Crippen MR) is 72.6 cm³/mol. The molecule has 1 aromatic carbocycles. The number of ketones is 2. The van der Waals surface area contributed by atoms with Gasteiger partial charge < -0.3 is 10.1 Å². The number of ether oxygens (including phenoxy) is 1. The summed E-state index contributed by atoms with van der Waals surface area (Å²) < 4.78 is 5.62. The molecule has 1 unspecified atom stereocenters. The van der Waals surface area contributed by atoms with Crippen molar-refractivity contribution in [3.8, 4) is 0 Å². The lowest BCUT2D eigenvalue weighted by molar-refractivity contribution is -0.125. The summed E-state index contributed by atoms with van der Waals surface area (Å²) in [6, 6.07) is 7.86. The zero-order valence-electron chi connectivity index (χ0n) is 10.6. The first kappa shape index (κ1) is 11.2. The van der Waals surface area contributed by atoms with E-state index < -0.39 is 5.92 Å². The van der Waals surface area contributed by atoms with E-state index in [0.717, 1.165) is 16.9 Å². The minimum atomic E-state index is -0.784. The van der Waals surface area contributed by atoms with Crippen molar-refractivity contribution in [2.75, 3.05) is 5.32 Å². The molecule has 3 aliphatic rings. The van der Waals surface area contributed by atoms with E-state index in [9.17, 15) is 9.59 Å². The van der Waals surface area contributed by atoms with Gasteiger partial charge >= 0.3 is 0 Å². The van der Waals surface area contributed by atoms with E-state index in [4.69, 9.17) is 4.74 Å². The zero-order valence-corrected chi connectivity index (χ0v) is 10.6. The highest BCUT2D eigenvalue weighted by molar-refractivity contribution is 6.17. The normalized spacial score (nSPS) is 26.8. The Kier molecular flexibility index (Phi) is 2.21. The minimum absolute atomic E-state index is 0.210. The molecule has 98 valence electrons. The van der Waals surface area contributed by atoms with Crippen LogP contribution in [0.4, 0.5) is 5.69 Å². The lowest BCUT2D eigenvalue weighted by Gasteiger charge is -2.06. The van der Waals surface area contributed by atoms with E-state index in [1.807, 2.05) is 24.3 Å². The highest BCUT2D eigenvalue weighted by atomic mass is 16.5. The molecule has 1 N–H and O–H groups in total. The number of carbonyl (C=O) groups is 2. The van der Waals surface area contributed by atoms with Gasteiger partial charge in [-0.1, -0.05) is 24.3 Å². The second-order valence-electron chi connectivity index (χ2n) is 5.00. The maximum absolute atomic E-state index is 12.4. The summed E-state index contributed by atoms with van der Waals surface area (Å²) in [5.74, 6) is -0.537. The van der Waals surface area contributed by atoms with Crippen LogP contribution in [0.5, 0.6) is 0 Å². The Bertz CT molecular complexity index is 713. The number of benzene rings is 1. The van der Waals surface area contributed by atoms with Gasteiger partial charge in [-0.3, -0.25) is 9.59 Å². The third kappa shape index (κ3) is 1.48. The van der Waals surface area contributed by atoms with Crippen LogP contribution in [0, 0.1) is 5.92 Å². The van der Waals surface area contributed by atoms with Crippen molar-refractivity contribution in [1.29, 1.82) is 0 Å². The first-order valence-electron chi connectivity index (χ1n) is 6.46. The van der Waals surface area contributed by atoms with Crippen molar-refractivity contribution in [1.82, 2.24) is 0 Å². The summed E-state index contributed by atoms with van der Waals surface area (Å²) in [7, 11) is 0. The number of hydrogen-bond acceptors (Lipinski definition) is 4. The van der Waals surface area contributed by atoms with Crippen LogP contribution < -0.4 is 5.32 Å². The molecule has 2 heterocycles. The molecule has 1 aromatic rings. The smallest absolute Gasteiger partial charge is 0.218 e. The van der Waals surface area contributed by atoms with E-state index in [2.05, 4.69) is 5.32 Å². The van der Waals surface area contributed by atoms with Gasteiger partial charge in [0, 0.05) is 12.1 Å². The molecule has 1 atom stereocenters. The summed E-state index contributed by atoms with van der Waals surface area (Å²) in [6.45, 7) is 0. The Morgan fingerprint density at radius 1 is 1.20 bits per heavy atom. The van der Waals surface area contributed by atoms with Crippen LogP contribution in [-0.4, -0.2) is 11.6 Å². The van der Waals surface area contributed by atoms with Crippen LogP contribution in [-0.2, 0) is 20.7 Å². The predicted octanol–water partition coefficient (Wildman–Crippen LogP) is 2.10. The van der Waals surface area contributed by atoms with Gasteiger partial charge in [-0.05, 0) is 23.8 Å². The fraction of sp³-hybridized carbons (Fsp3) is 0.125. The third-order valence-corrected chi connectivity index (χ3v) is 3.74. The second kappa shape index (κ2) is 3.93. The molecule has 1 saturated heterocycles. The van der Waals surface area contributed by atoms with Crippen molar-refractivity contribution >= 4 is 17.3 Å². The van der Waals surface area contributed by atoms with Gasteiger partial charge in [0.05, 0.1) is 5.70 Å². The lowest BCUT2D eigenvalue weighted by Crippen LogP contribution is -2.21. The highest BCUT2D eigenvalue weighted by Gasteiger charge is 2.43. The minimum Gasteiger partial charge on any atom is -0.455 e. The average Bonchev–Trinajstić information content (AvgIpc) is 3.00. The molecule has 0 aromatic heterocycles. The van der Waals surface area contributed by atoms with Crippen molar-refractivity contribution < 1.29 is 14.3 Å². The summed E-state index contributed by atoms with van der Waals surface area (Å²) in [6.07, 6.45) is 5.34. The number of para-hydroxylation sites is 1. The molecule has 1 aliphatic carbocycles. The number of hydrogen-bond donors (Lipinski definition) is 1. The first-order valence-corrected chi connectivity index (χ1v) is 6.46. The first-order chi connectivity index (χ1) is 9.74. The van der Waals surface area contributed by atoms with Crippen LogP contribution in [0.1, 0.15) is 5.56 Å². The van der Waals surface area contributed by atoms with Crippen LogP contribution in [0.2, 0.25) is 0 Å². The van der Waals surface area contributed by atoms with Crippen molar-refractivity contribution in [3.63, 3.8) is 0 Å². The standard InChI is InChI=1S/C16H11NO3/c18-12-6-3-7-13-14(12)15(19)16(20-13)11-8-9-4-1-2-5-10(9)17-11/h1-7,14,17H,8H2. The Balaban J connectivity index is 1.74. The van der Waals surface area contributed by atoms with E-state index in [1.165, 1.54) is 6.08 Å². The van der Waals surface area contributed by atoms with Gasteiger partial charge in [0.1, 0.15) is 11.7 Å². The van der Waals surface area contributed by atoms with E-state index in [1.54, 1.807) is 12.2 Å². The quantitative estimate of drug-likeness (QED) is 0.576. The summed E-state index contributed by atoms with van der Waals surface area (Å²) in [5, 5.41) is 3.21. The molecule has 0 spiro atoms. The van der Waals surface area contributed by atoms with Crippen molar-refractivity contribution in [3.05, 3.63) is 65.3 Å². The fourth-order valence-corrected chi connectivity index (χ4v) is 2.76. The molecule has 0 radical (unpaired) electrons. The van der Waals surface area contributed by atoms with Crippen LogP contribution in [0.25, 0.3) is 0 Å². The van der Waals surface area contributed by atoms with Crippen LogP contribution in [0.3, 0.4) is 0 Å². The molecule has 0 bridgehead atoms. The number of nitrogens with one attached hydrogen (secondary N) is 1. The number of carbonyl (C=O) groups excluding carboxylic acids is 2. The fourth-order valence-electron chi connectivity index (χ4n) is 2.76. The number of Topliss-reactive ketones (excluding diaryl/α,β-unsaturated/α-hetero) is 1. The number of rotatable bonds is 0. The largest absolute Gasteiger partial charge is 0.455 e. The molecular formula is C16H11NO3. The molecule has 4 heteroatoms. The summed E-state index contributed by atoms with van der Waals surface area (Å²) >= 11 is 0. The zero-order chi connectivity index (χ0) is 13.7. The molecule has 4 rings (SSSR count).